The van der Waals surface area contributed by atoms with Crippen molar-refractivity contribution in [2.24, 2.45) is 0 Å². The Labute approximate surface area is 148 Å². The average Bonchev–Trinajstić information content (AvgIpc) is 2.58. The molecule has 0 spiro atoms. The van der Waals surface area contributed by atoms with E-state index in [0.717, 1.165) is 12.1 Å². The standard InChI is InChI=1S/C16H16F3NO5S/c1-23-12-8-7-11(9-14(12)24-2)10-20-26(21,22)15-6-4-3-5-13(15)25-16(17,18)19/h3-9,20H,10H2,1-2H3. The van der Waals surface area contributed by atoms with Crippen LogP contribution in [0.3, 0.4) is 0 Å². The van der Waals surface area contributed by atoms with Gasteiger partial charge in [-0.2, -0.15) is 0 Å². The predicted molar refractivity (Wildman–Crippen MR) is 86.7 cm³/mol. The van der Waals surface area contributed by atoms with Crippen LogP contribution in [0.4, 0.5) is 13.2 Å². The first-order chi connectivity index (χ1) is 12.2. The molecule has 0 atom stereocenters. The van der Waals surface area contributed by atoms with Crippen LogP contribution in [0, 0.1) is 0 Å². The van der Waals surface area contributed by atoms with Gasteiger partial charge in [0.25, 0.3) is 0 Å². The second-order valence-electron chi connectivity index (χ2n) is 5.01. The minimum Gasteiger partial charge on any atom is -0.493 e. The Morgan fingerprint density at radius 3 is 2.23 bits per heavy atom. The number of ether oxygens (including phenoxy) is 3. The van der Waals surface area contributed by atoms with Crippen molar-refractivity contribution in [2.75, 3.05) is 14.2 Å². The highest BCUT2D eigenvalue weighted by atomic mass is 32.2. The van der Waals surface area contributed by atoms with Gasteiger partial charge in [0, 0.05) is 6.54 Å². The normalized spacial score (nSPS) is 11.9. The number of benzene rings is 2. The molecule has 10 heteroatoms. The maximum Gasteiger partial charge on any atom is 0.573 e. The van der Waals surface area contributed by atoms with E-state index in [1.54, 1.807) is 18.2 Å². The summed E-state index contributed by atoms with van der Waals surface area (Å²) in [7, 11) is -1.36. The molecule has 142 valence electrons. The molecule has 0 amide bonds. The van der Waals surface area contributed by atoms with Crippen LogP contribution < -0.4 is 18.9 Å². The predicted octanol–water partition coefficient (Wildman–Crippen LogP) is 3.08. The highest BCUT2D eigenvalue weighted by molar-refractivity contribution is 7.89. The third-order valence-electron chi connectivity index (χ3n) is 3.28. The second-order valence-corrected chi connectivity index (χ2v) is 6.74. The highest BCUT2D eigenvalue weighted by Crippen LogP contribution is 2.30. The number of halogens is 3. The molecular weight excluding hydrogens is 375 g/mol. The summed E-state index contributed by atoms with van der Waals surface area (Å²) in [6, 6.07) is 9.24. The number of para-hydroxylation sites is 1. The lowest BCUT2D eigenvalue weighted by Gasteiger charge is -2.14. The van der Waals surface area contributed by atoms with Crippen molar-refractivity contribution in [2.45, 2.75) is 17.8 Å². The topological polar surface area (TPSA) is 73.9 Å². The van der Waals surface area contributed by atoms with Gasteiger partial charge in [-0.1, -0.05) is 18.2 Å². The molecule has 0 unspecified atom stereocenters. The highest BCUT2D eigenvalue weighted by Gasteiger charge is 2.33. The maximum absolute atomic E-state index is 12.5. The number of nitrogens with one attached hydrogen (secondary N) is 1. The molecule has 6 nitrogen and oxygen atoms in total. The first-order valence-electron chi connectivity index (χ1n) is 7.21. The lowest BCUT2D eigenvalue weighted by atomic mass is 10.2. The smallest absolute Gasteiger partial charge is 0.493 e. The van der Waals surface area contributed by atoms with Gasteiger partial charge in [0.2, 0.25) is 10.0 Å². The molecule has 0 fully saturated rings. The molecule has 0 aliphatic heterocycles. The van der Waals surface area contributed by atoms with Crippen molar-refractivity contribution >= 4 is 10.0 Å². The van der Waals surface area contributed by atoms with E-state index >= 15 is 0 Å². The second kappa shape index (κ2) is 7.83. The Kier molecular flexibility index (Phi) is 5.98. The van der Waals surface area contributed by atoms with Gasteiger partial charge in [0.1, 0.15) is 10.6 Å². The van der Waals surface area contributed by atoms with Crippen molar-refractivity contribution in [1.82, 2.24) is 4.72 Å². The van der Waals surface area contributed by atoms with E-state index < -0.39 is 27.0 Å². The Hall–Kier alpha value is -2.46. The average molecular weight is 391 g/mol. The zero-order valence-electron chi connectivity index (χ0n) is 13.8. The molecule has 0 bridgehead atoms. The van der Waals surface area contributed by atoms with E-state index in [1.807, 2.05) is 0 Å². The van der Waals surface area contributed by atoms with Crippen LogP contribution in [0.5, 0.6) is 17.2 Å². The first-order valence-corrected chi connectivity index (χ1v) is 8.70. The number of sulfonamides is 1. The number of hydrogen-bond donors (Lipinski definition) is 1. The van der Waals surface area contributed by atoms with Crippen molar-refractivity contribution in [3.05, 3.63) is 48.0 Å². The molecule has 0 saturated carbocycles. The molecule has 2 aromatic carbocycles. The van der Waals surface area contributed by atoms with Gasteiger partial charge in [-0.3, -0.25) is 0 Å². The lowest BCUT2D eigenvalue weighted by Crippen LogP contribution is -2.25. The Morgan fingerprint density at radius 2 is 1.62 bits per heavy atom. The van der Waals surface area contributed by atoms with Crippen molar-refractivity contribution in [3.63, 3.8) is 0 Å². The van der Waals surface area contributed by atoms with Crippen LogP contribution in [-0.4, -0.2) is 29.0 Å². The third kappa shape index (κ3) is 5.02. The van der Waals surface area contributed by atoms with Gasteiger partial charge in [-0.15, -0.1) is 13.2 Å². The molecule has 2 aromatic rings. The van der Waals surface area contributed by atoms with E-state index in [0.29, 0.717) is 17.1 Å². The SMILES string of the molecule is COc1ccc(CNS(=O)(=O)c2ccccc2OC(F)(F)F)cc1OC. The molecule has 0 aromatic heterocycles. The first kappa shape index (κ1) is 19.9. The largest absolute Gasteiger partial charge is 0.573 e. The molecule has 0 saturated heterocycles. The zero-order valence-corrected chi connectivity index (χ0v) is 14.6. The van der Waals surface area contributed by atoms with E-state index in [1.165, 1.54) is 26.4 Å². The minimum atomic E-state index is -5.00. The van der Waals surface area contributed by atoms with Gasteiger partial charge in [-0.05, 0) is 29.8 Å². The summed E-state index contributed by atoms with van der Waals surface area (Å²) in [5.74, 6) is 0.0489. The summed E-state index contributed by atoms with van der Waals surface area (Å²) < 4.78 is 78.3. The van der Waals surface area contributed by atoms with Crippen LogP contribution in [-0.2, 0) is 16.6 Å². The number of hydrogen-bond acceptors (Lipinski definition) is 5. The summed E-state index contributed by atoms with van der Waals surface area (Å²) in [4.78, 5) is -0.613. The summed E-state index contributed by atoms with van der Waals surface area (Å²) in [5, 5.41) is 0. The zero-order chi connectivity index (χ0) is 19.4. The van der Waals surface area contributed by atoms with Gasteiger partial charge in [0.15, 0.2) is 11.5 Å². The van der Waals surface area contributed by atoms with Crippen LogP contribution in [0.1, 0.15) is 5.56 Å². The van der Waals surface area contributed by atoms with Crippen molar-refractivity contribution < 1.29 is 35.8 Å². The third-order valence-corrected chi connectivity index (χ3v) is 4.72. The lowest BCUT2D eigenvalue weighted by molar-refractivity contribution is -0.275. The monoisotopic (exact) mass is 391 g/mol. The van der Waals surface area contributed by atoms with Gasteiger partial charge < -0.3 is 14.2 Å². The summed E-state index contributed by atoms with van der Waals surface area (Å²) >= 11 is 0. The molecule has 26 heavy (non-hydrogen) atoms. The van der Waals surface area contributed by atoms with Crippen LogP contribution >= 0.6 is 0 Å². The number of alkyl halides is 3. The Bertz CT molecular complexity index is 868. The molecule has 0 heterocycles. The Balaban J connectivity index is 2.22. The summed E-state index contributed by atoms with van der Waals surface area (Å²) in [6.45, 7) is -0.164. The summed E-state index contributed by atoms with van der Waals surface area (Å²) in [5.41, 5.74) is 0.528. The summed E-state index contributed by atoms with van der Waals surface area (Å²) in [6.07, 6.45) is -5.00. The number of methoxy groups -OCH3 is 2. The molecule has 2 rings (SSSR count). The van der Waals surface area contributed by atoms with E-state index in [9.17, 15) is 21.6 Å². The van der Waals surface area contributed by atoms with Gasteiger partial charge in [-0.25, -0.2) is 13.1 Å². The quantitative estimate of drug-likeness (QED) is 0.785. The van der Waals surface area contributed by atoms with Crippen LogP contribution in [0.25, 0.3) is 0 Å². The molecule has 0 aliphatic carbocycles. The minimum absolute atomic E-state index is 0.164. The molecule has 1 N–H and O–H groups in total. The molecular formula is C16H16F3NO5S. The van der Waals surface area contributed by atoms with Gasteiger partial charge in [0.05, 0.1) is 14.2 Å². The van der Waals surface area contributed by atoms with Crippen LogP contribution in [0.2, 0.25) is 0 Å². The van der Waals surface area contributed by atoms with E-state index in [2.05, 4.69) is 9.46 Å². The van der Waals surface area contributed by atoms with E-state index in [-0.39, 0.29) is 6.54 Å². The molecule has 0 aliphatic rings. The van der Waals surface area contributed by atoms with Crippen molar-refractivity contribution in [1.29, 1.82) is 0 Å². The van der Waals surface area contributed by atoms with Crippen LogP contribution in [0.15, 0.2) is 47.4 Å². The van der Waals surface area contributed by atoms with Gasteiger partial charge >= 0.3 is 6.36 Å². The van der Waals surface area contributed by atoms with E-state index in [4.69, 9.17) is 9.47 Å². The number of rotatable bonds is 7. The fourth-order valence-electron chi connectivity index (χ4n) is 2.13. The fraction of sp³-hybridized carbons (Fsp3) is 0.250. The molecule has 0 radical (unpaired) electrons. The Morgan fingerprint density at radius 1 is 0.962 bits per heavy atom. The van der Waals surface area contributed by atoms with Crippen molar-refractivity contribution in [3.8, 4) is 17.2 Å². The maximum atomic E-state index is 12.5. The fourth-order valence-corrected chi connectivity index (χ4v) is 3.27.